The molecule has 2 aliphatic heterocycles. The van der Waals surface area contributed by atoms with E-state index in [0.29, 0.717) is 0 Å². The largest absolute Gasteiger partial charge is 0.340 e. The van der Waals surface area contributed by atoms with Crippen LogP contribution in [0.3, 0.4) is 0 Å². The second-order valence-electron chi connectivity index (χ2n) is 6.33. The first-order valence-electron chi connectivity index (χ1n) is 8.54. The number of aromatic nitrogens is 1. The first-order valence-corrected chi connectivity index (χ1v) is 9.42. The number of hydrogen-bond acceptors (Lipinski definition) is 5. The van der Waals surface area contributed by atoms with E-state index in [9.17, 15) is 0 Å². The summed E-state index contributed by atoms with van der Waals surface area (Å²) in [5.41, 5.74) is 4.81. The maximum absolute atomic E-state index is 4.72. The molecule has 124 valence electrons. The highest BCUT2D eigenvalue weighted by Gasteiger charge is 2.21. The molecule has 0 aromatic carbocycles. The number of likely N-dealkylation sites (tertiary alicyclic amines) is 1. The van der Waals surface area contributed by atoms with Crippen molar-refractivity contribution in [1.29, 1.82) is 0 Å². The average Bonchev–Trinajstić information content (AvgIpc) is 3.01. The predicted molar refractivity (Wildman–Crippen MR) is 98.1 cm³/mol. The number of thiazole rings is 1. The number of hydrogen-bond donors (Lipinski definition) is 1. The zero-order valence-electron chi connectivity index (χ0n) is 14.2. The van der Waals surface area contributed by atoms with Crippen molar-refractivity contribution in [2.75, 3.05) is 26.2 Å². The fraction of sp³-hybridized carbons (Fsp3) is 0.556. The molecule has 1 N–H and O–H groups in total. The zero-order chi connectivity index (χ0) is 16.2. The summed E-state index contributed by atoms with van der Waals surface area (Å²) in [5, 5.41) is 6.63. The van der Waals surface area contributed by atoms with Gasteiger partial charge in [-0.3, -0.25) is 9.89 Å². The summed E-state index contributed by atoms with van der Waals surface area (Å²) in [5.74, 6) is 0.919. The van der Waals surface area contributed by atoms with Gasteiger partial charge in [0, 0.05) is 23.3 Å². The van der Waals surface area contributed by atoms with Crippen molar-refractivity contribution in [2.24, 2.45) is 4.99 Å². The van der Waals surface area contributed by atoms with Crippen LogP contribution in [0.15, 0.2) is 33.8 Å². The van der Waals surface area contributed by atoms with E-state index >= 15 is 0 Å². The molecule has 2 aliphatic rings. The van der Waals surface area contributed by atoms with Crippen LogP contribution in [0.1, 0.15) is 43.3 Å². The van der Waals surface area contributed by atoms with Crippen molar-refractivity contribution >= 4 is 17.2 Å². The van der Waals surface area contributed by atoms with E-state index < -0.39 is 0 Å². The van der Waals surface area contributed by atoms with Crippen LogP contribution < -0.4 is 5.32 Å². The summed E-state index contributed by atoms with van der Waals surface area (Å²) in [6.45, 7) is 12.5. The number of nitrogens with zero attached hydrogens (tertiary/aromatic N) is 3. The van der Waals surface area contributed by atoms with Gasteiger partial charge in [0.1, 0.15) is 0 Å². The molecule has 1 saturated heterocycles. The first kappa shape index (κ1) is 16.4. The molecule has 5 heteroatoms. The van der Waals surface area contributed by atoms with Gasteiger partial charge in [0.25, 0.3) is 0 Å². The van der Waals surface area contributed by atoms with Gasteiger partial charge in [-0.2, -0.15) is 0 Å². The zero-order valence-corrected chi connectivity index (χ0v) is 15.0. The van der Waals surface area contributed by atoms with E-state index in [2.05, 4.69) is 34.1 Å². The van der Waals surface area contributed by atoms with Gasteiger partial charge in [0.05, 0.1) is 6.54 Å². The number of piperidine rings is 1. The third-order valence-electron chi connectivity index (χ3n) is 4.53. The Morgan fingerprint density at radius 3 is 2.78 bits per heavy atom. The lowest BCUT2D eigenvalue weighted by Gasteiger charge is -2.30. The average molecular weight is 331 g/mol. The van der Waals surface area contributed by atoms with Gasteiger partial charge in [-0.1, -0.05) is 19.9 Å². The third kappa shape index (κ3) is 3.90. The van der Waals surface area contributed by atoms with Gasteiger partial charge in [-0.05, 0) is 50.4 Å². The molecule has 0 aliphatic carbocycles. The highest BCUT2D eigenvalue weighted by Crippen LogP contribution is 2.22. The Morgan fingerprint density at radius 2 is 2.13 bits per heavy atom. The molecule has 23 heavy (non-hydrogen) atoms. The SMILES string of the molecule is C=C(CC)C1=C(CN2CCCCC2)NC(c2nc(C)cs2)=NC1. The van der Waals surface area contributed by atoms with Gasteiger partial charge >= 0.3 is 0 Å². The standard InChI is InChI=1S/C18H26N4S/c1-4-13(2)15-10-19-17(18-20-14(3)12-23-18)21-16(15)11-22-8-6-5-7-9-22/h12H,2,4-11H2,1,3H3,(H,19,21). The van der Waals surface area contributed by atoms with Crippen LogP contribution in [0.4, 0.5) is 0 Å². The summed E-state index contributed by atoms with van der Waals surface area (Å²) in [6.07, 6.45) is 4.96. The molecule has 3 heterocycles. The molecule has 4 nitrogen and oxygen atoms in total. The molecule has 0 bridgehead atoms. The van der Waals surface area contributed by atoms with E-state index in [4.69, 9.17) is 4.99 Å². The minimum absolute atomic E-state index is 0.719. The molecule has 0 amide bonds. The maximum Gasteiger partial charge on any atom is 0.162 e. The van der Waals surface area contributed by atoms with E-state index in [1.165, 1.54) is 49.2 Å². The number of amidine groups is 1. The van der Waals surface area contributed by atoms with Crippen LogP contribution in [-0.2, 0) is 0 Å². The minimum Gasteiger partial charge on any atom is -0.340 e. The number of aliphatic imine (C=N–C) groups is 1. The number of nitrogens with one attached hydrogen (secondary N) is 1. The molecule has 0 spiro atoms. The van der Waals surface area contributed by atoms with Crippen molar-refractivity contribution in [3.05, 3.63) is 39.5 Å². The fourth-order valence-corrected chi connectivity index (χ4v) is 3.87. The Hall–Kier alpha value is -1.46. The second kappa shape index (κ2) is 7.41. The summed E-state index contributed by atoms with van der Waals surface area (Å²) >= 11 is 1.66. The van der Waals surface area contributed by atoms with Crippen molar-refractivity contribution in [2.45, 2.75) is 39.5 Å². The van der Waals surface area contributed by atoms with Crippen LogP contribution in [0.2, 0.25) is 0 Å². The monoisotopic (exact) mass is 330 g/mol. The van der Waals surface area contributed by atoms with Gasteiger partial charge in [0.15, 0.2) is 10.8 Å². The molecular weight excluding hydrogens is 304 g/mol. The molecule has 1 fully saturated rings. The normalized spacial score (nSPS) is 19.5. The molecular formula is C18H26N4S. The topological polar surface area (TPSA) is 40.5 Å². The Kier molecular flexibility index (Phi) is 5.28. The first-order chi connectivity index (χ1) is 11.2. The molecule has 0 saturated carbocycles. The van der Waals surface area contributed by atoms with Crippen LogP contribution in [0, 0.1) is 6.92 Å². The van der Waals surface area contributed by atoms with Gasteiger partial charge in [-0.15, -0.1) is 11.3 Å². The lowest BCUT2D eigenvalue weighted by Crippen LogP contribution is -2.39. The van der Waals surface area contributed by atoms with Crippen LogP contribution in [-0.4, -0.2) is 41.9 Å². The molecule has 0 radical (unpaired) electrons. The fourth-order valence-electron chi connectivity index (χ4n) is 3.11. The number of aryl methyl sites for hydroxylation is 1. The molecule has 1 aromatic rings. The summed E-state index contributed by atoms with van der Waals surface area (Å²) in [6, 6.07) is 0. The van der Waals surface area contributed by atoms with E-state index in [1.54, 1.807) is 11.3 Å². The Labute approximate surface area is 143 Å². The maximum atomic E-state index is 4.72. The van der Waals surface area contributed by atoms with Crippen molar-refractivity contribution < 1.29 is 0 Å². The predicted octanol–water partition coefficient (Wildman–Crippen LogP) is 3.51. The highest BCUT2D eigenvalue weighted by atomic mass is 32.1. The Bertz CT molecular complexity index is 635. The van der Waals surface area contributed by atoms with E-state index in [-0.39, 0.29) is 0 Å². The quantitative estimate of drug-likeness (QED) is 0.898. The van der Waals surface area contributed by atoms with Crippen molar-refractivity contribution in [3.8, 4) is 0 Å². The van der Waals surface area contributed by atoms with Gasteiger partial charge in [-0.25, -0.2) is 4.98 Å². The van der Waals surface area contributed by atoms with Gasteiger partial charge in [0.2, 0.25) is 0 Å². The number of rotatable bonds is 5. The lowest BCUT2D eigenvalue weighted by molar-refractivity contribution is 0.243. The summed E-state index contributed by atoms with van der Waals surface area (Å²) in [4.78, 5) is 11.8. The van der Waals surface area contributed by atoms with Crippen LogP contribution >= 0.6 is 11.3 Å². The molecule has 3 rings (SSSR count). The summed E-state index contributed by atoms with van der Waals surface area (Å²) < 4.78 is 0. The molecule has 1 aromatic heterocycles. The lowest BCUT2D eigenvalue weighted by atomic mass is 10.0. The minimum atomic E-state index is 0.719. The van der Waals surface area contributed by atoms with Crippen molar-refractivity contribution in [3.63, 3.8) is 0 Å². The molecule has 0 unspecified atom stereocenters. The Balaban J connectivity index is 1.79. The Morgan fingerprint density at radius 1 is 1.35 bits per heavy atom. The van der Waals surface area contributed by atoms with Crippen molar-refractivity contribution in [1.82, 2.24) is 15.2 Å². The summed E-state index contributed by atoms with van der Waals surface area (Å²) in [7, 11) is 0. The van der Waals surface area contributed by atoms with Crippen LogP contribution in [0.25, 0.3) is 0 Å². The molecule has 0 atom stereocenters. The van der Waals surface area contributed by atoms with E-state index in [0.717, 1.165) is 36.0 Å². The third-order valence-corrected chi connectivity index (χ3v) is 5.50. The highest BCUT2D eigenvalue weighted by molar-refractivity contribution is 7.11. The van der Waals surface area contributed by atoms with Crippen LogP contribution in [0.5, 0.6) is 0 Å². The smallest absolute Gasteiger partial charge is 0.162 e. The van der Waals surface area contributed by atoms with Gasteiger partial charge < -0.3 is 5.32 Å². The second-order valence-corrected chi connectivity index (χ2v) is 7.19. The van der Waals surface area contributed by atoms with E-state index in [1.807, 2.05) is 6.92 Å².